The van der Waals surface area contributed by atoms with Gasteiger partial charge in [0, 0.05) is 6.42 Å². The maximum absolute atomic E-state index is 11.9. The Morgan fingerprint density at radius 2 is 2.06 bits per heavy atom. The van der Waals surface area contributed by atoms with Gasteiger partial charge in [-0.1, -0.05) is 18.2 Å². The summed E-state index contributed by atoms with van der Waals surface area (Å²) in [5.74, 6) is 0.355. The predicted octanol–water partition coefficient (Wildman–Crippen LogP) is 2.34. The molecule has 0 aliphatic heterocycles. The highest BCUT2D eigenvalue weighted by molar-refractivity contribution is 6.19. The lowest BCUT2D eigenvalue weighted by molar-refractivity contribution is -0.120. The zero-order chi connectivity index (χ0) is 12.8. The molecule has 0 atom stereocenters. The maximum Gasteiger partial charge on any atom is 0.170 e. The molecule has 1 aromatic rings. The molecule has 0 fully saturated rings. The molecule has 0 saturated carbocycles. The van der Waals surface area contributed by atoms with Gasteiger partial charge in [0.05, 0.1) is 12.7 Å². The Bertz CT molecular complexity index is 458. The summed E-state index contributed by atoms with van der Waals surface area (Å²) >= 11 is 0. The van der Waals surface area contributed by atoms with Crippen molar-refractivity contribution >= 4 is 11.6 Å². The van der Waals surface area contributed by atoms with Gasteiger partial charge in [0.15, 0.2) is 11.6 Å². The van der Waals surface area contributed by atoms with Crippen LogP contribution in [0, 0.1) is 0 Å². The summed E-state index contributed by atoms with van der Waals surface area (Å²) in [7, 11) is 1.58. The number of methoxy groups -OCH3 is 1. The number of benzene rings is 1. The molecule has 1 rings (SSSR count). The van der Waals surface area contributed by atoms with Crippen molar-refractivity contribution in [2.24, 2.45) is 0 Å². The van der Waals surface area contributed by atoms with Gasteiger partial charge < -0.3 is 4.74 Å². The van der Waals surface area contributed by atoms with E-state index in [2.05, 4.69) is 0 Å². The van der Waals surface area contributed by atoms with Crippen molar-refractivity contribution in [1.82, 2.24) is 0 Å². The maximum atomic E-state index is 11.9. The summed E-state index contributed by atoms with van der Waals surface area (Å²) in [5, 5.41) is 0. The number of hydrogen-bond donors (Lipinski definition) is 0. The first-order chi connectivity index (χ1) is 8.08. The highest BCUT2D eigenvalue weighted by Gasteiger charge is 2.13. The summed E-state index contributed by atoms with van der Waals surface area (Å²) in [4.78, 5) is 23.1. The van der Waals surface area contributed by atoms with Crippen LogP contribution in [-0.4, -0.2) is 18.7 Å². The molecule has 1 aromatic carbocycles. The second-order valence-electron chi connectivity index (χ2n) is 3.71. The summed E-state index contributed by atoms with van der Waals surface area (Å²) in [5.41, 5.74) is 1.10. The molecule has 3 nitrogen and oxygen atoms in total. The number of Topliss-reactive ketones (excluding diaryl/α,β-unsaturated/α-hetero) is 2. The van der Waals surface area contributed by atoms with E-state index in [1.807, 2.05) is 18.2 Å². The molecule has 0 aromatic heterocycles. The highest BCUT2D eigenvalue weighted by Crippen LogP contribution is 2.14. The summed E-state index contributed by atoms with van der Waals surface area (Å²) < 4.78 is 5.08. The van der Waals surface area contributed by atoms with Gasteiger partial charge in [-0.15, -0.1) is 0 Å². The van der Waals surface area contributed by atoms with E-state index in [0.717, 1.165) is 5.56 Å². The quantitative estimate of drug-likeness (QED) is 0.444. The van der Waals surface area contributed by atoms with Gasteiger partial charge in [0.1, 0.15) is 5.75 Å². The van der Waals surface area contributed by atoms with Crippen LogP contribution in [0.2, 0.25) is 0 Å². The minimum Gasteiger partial charge on any atom is -0.497 e. The van der Waals surface area contributed by atoms with E-state index in [-0.39, 0.29) is 23.6 Å². The molecule has 0 heterocycles. The molecule has 0 amide bonds. The third-order valence-corrected chi connectivity index (χ3v) is 2.47. The molecular formula is C14H16O3. The lowest BCUT2D eigenvalue weighted by Crippen LogP contribution is -2.12. The van der Waals surface area contributed by atoms with Crippen LogP contribution in [0.5, 0.6) is 5.75 Å². The number of allylic oxidation sites excluding steroid dienone is 2. The topological polar surface area (TPSA) is 43.4 Å². The first kappa shape index (κ1) is 13.2. The van der Waals surface area contributed by atoms with Crippen LogP contribution >= 0.6 is 0 Å². The Morgan fingerprint density at radius 1 is 1.35 bits per heavy atom. The van der Waals surface area contributed by atoms with Crippen LogP contribution < -0.4 is 4.74 Å². The molecular weight excluding hydrogens is 216 g/mol. The van der Waals surface area contributed by atoms with E-state index in [0.29, 0.717) is 5.75 Å². The second-order valence-corrected chi connectivity index (χ2v) is 3.71. The van der Waals surface area contributed by atoms with Crippen molar-refractivity contribution in [3.05, 3.63) is 41.5 Å². The third kappa shape index (κ3) is 3.55. The molecule has 0 radical (unpaired) electrons. The van der Waals surface area contributed by atoms with E-state index < -0.39 is 0 Å². The monoisotopic (exact) mass is 232 g/mol. The molecule has 0 N–H and O–H groups in total. The van der Waals surface area contributed by atoms with Gasteiger partial charge in [-0.05, 0) is 31.5 Å². The van der Waals surface area contributed by atoms with Crippen molar-refractivity contribution < 1.29 is 14.3 Å². The third-order valence-electron chi connectivity index (χ3n) is 2.47. The fourth-order valence-electron chi connectivity index (χ4n) is 1.62. The van der Waals surface area contributed by atoms with Crippen molar-refractivity contribution in [3.8, 4) is 5.75 Å². The van der Waals surface area contributed by atoms with Crippen LogP contribution in [0.4, 0.5) is 0 Å². The van der Waals surface area contributed by atoms with Crippen LogP contribution in [-0.2, 0) is 16.0 Å². The Labute approximate surface area is 101 Å². The van der Waals surface area contributed by atoms with Gasteiger partial charge in [-0.3, -0.25) is 9.59 Å². The van der Waals surface area contributed by atoms with Crippen molar-refractivity contribution in [3.63, 3.8) is 0 Å². The number of ether oxygens (including phenoxy) is 1. The normalized spacial score (nSPS) is 11.1. The Kier molecular flexibility index (Phi) is 4.64. The van der Waals surface area contributed by atoms with Crippen LogP contribution in [0.15, 0.2) is 35.9 Å². The summed E-state index contributed by atoms with van der Waals surface area (Å²) in [6.07, 6.45) is 1.78. The molecule has 0 spiro atoms. The zero-order valence-corrected chi connectivity index (χ0v) is 10.3. The van der Waals surface area contributed by atoms with E-state index in [1.54, 1.807) is 26.2 Å². The minimum atomic E-state index is -0.194. The zero-order valence-electron chi connectivity index (χ0n) is 10.3. The fraction of sp³-hybridized carbons (Fsp3) is 0.286. The molecule has 3 heteroatoms. The highest BCUT2D eigenvalue weighted by atomic mass is 16.5. The summed E-state index contributed by atoms with van der Waals surface area (Å²) in [6, 6.07) is 7.28. The average molecular weight is 232 g/mol. The van der Waals surface area contributed by atoms with Gasteiger partial charge in [0.2, 0.25) is 0 Å². The van der Waals surface area contributed by atoms with E-state index >= 15 is 0 Å². The largest absolute Gasteiger partial charge is 0.497 e. The molecule has 0 aliphatic carbocycles. The first-order valence-corrected chi connectivity index (χ1v) is 5.42. The van der Waals surface area contributed by atoms with Crippen molar-refractivity contribution in [1.29, 1.82) is 0 Å². The standard InChI is InChI=1S/C14H16O3/c1-4-13(10(2)15)14(16)9-11-6-5-7-12(8-11)17-3/h4-8H,9H2,1-3H3/b13-4+. The van der Waals surface area contributed by atoms with Crippen LogP contribution in [0.25, 0.3) is 0 Å². The molecule has 17 heavy (non-hydrogen) atoms. The van der Waals surface area contributed by atoms with E-state index in [9.17, 15) is 9.59 Å². The minimum absolute atomic E-state index is 0.159. The molecule has 0 bridgehead atoms. The fourth-order valence-corrected chi connectivity index (χ4v) is 1.62. The predicted molar refractivity (Wildman–Crippen MR) is 66.1 cm³/mol. The van der Waals surface area contributed by atoms with E-state index in [1.165, 1.54) is 6.92 Å². The van der Waals surface area contributed by atoms with Gasteiger partial charge in [-0.2, -0.15) is 0 Å². The number of hydrogen-bond acceptors (Lipinski definition) is 3. The van der Waals surface area contributed by atoms with Gasteiger partial charge >= 0.3 is 0 Å². The molecule has 0 unspecified atom stereocenters. The second kappa shape index (κ2) is 5.99. The molecule has 0 saturated heterocycles. The first-order valence-electron chi connectivity index (χ1n) is 5.42. The van der Waals surface area contributed by atoms with Crippen LogP contribution in [0.3, 0.4) is 0 Å². The Hall–Kier alpha value is -1.90. The van der Waals surface area contributed by atoms with Gasteiger partial charge in [-0.25, -0.2) is 0 Å². The number of carbonyl (C=O) groups is 2. The van der Waals surface area contributed by atoms with E-state index in [4.69, 9.17) is 4.74 Å². The molecule has 90 valence electrons. The Balaban J connectivity index is 2.84. The number of ketones is 2. The SMILES string of the molecule is C/C=C(\C(C)=O)C(=O)Cc1cccc(OC)c1. The van der Waals surface area contributed by atoms with Crippen LogP contribution in [0.1, 0.15) is 19.4 Å². The lowest BCUT2D eigenvalue weighted by atomic mass is 10.0. The smallest absolute Gasteiger partial charge is 0.170 e. The Morgan fingerprint density at radius 3 is 2.59 bits per heavy atom. The lowest BCUT2D eigenvalue weighted by Gasteiger charge is -2.05. The average Bonchev–Trinajstić information content (AvgIpc) is 2.29. The molecule has 0 aliphatic rings. The van der Waals surface area contributed by atoms with Crippen molar-refractivity contribution in [2.45, 2.75) is 20.3 Å². The summed E-state index contributed by atoms with van der Waals surface area (Å²) in [6.45, 7) is 3.10. The number of rotatable bonds is 5. The van der Waals surface area contributed by atoms with Crippen molar-refractivity contribution in [2.75, 3.05) is 7.11 Å². The number of carbonyl (C=O) groups excluding carboxylic acids is 2. The van der Waals surface area contributed by atoms with Gasteiger partial charge in [0.25, 0.3) is 0 Å².